The number of halogens is 1. The second-order valence-electron chi connectivity index (χ2n) is 2.93. The molecule has 0 amide bonds. The van der Waals surface area contributed by atoms with Crippen molar-refractivity contribution >= 4 is 33.2 Å². The van der Waals surface area contributed by atoms with E-state index in [2.05, 4.69) is 15.9 Å². The number of hydrogen-bond acceptors (Lipinski definition) is 3. The molecule has 0 saturated carbocycles. The van der Waals surface area contributed by atoms with Gasteiger partial charge in [-0.05, 0) is 6.07 Å². The maximum absolute atomic E-state index is 11.5. The van der Waals surface area contributed by atoms with Crippen molar-refractivity contribution in [3.63, 3.8) is 0 Å². The van der Waals surface area contributed by atoms with Gasteiger partial charge in [0.2, 0.25) is 6.29 Å². The lowest BCUT2D eigenvalue weighted by atomic mass is 10.3. The van der Waals surface area contributed by atoms with Gasteiger partial charge in [0.25, 0.3) is 17.2 Å². The molecular weight excluding hydrogens is 264 g/mol. The molecule has 0 N–H and O–H groups in total. The molecule has 5 nitrogen and oxygen atoms in total. The molecule has 0 aliphatic heterocycles. The molecule has 76 valence electrons. The Morgan fingerprint density at radius 1 is 1.27 bits per heavy atom. The molecule has 0 atom stereocenters. The van der Waals surface area contributed by atoms with Crippen molar-refractivity contribution in [2.24, 2.45) is 0 Å². The summed E-state index contributed by atoms with van der Waals surface area (Å²) in [7, 11) is 0. The highest BCUT2D eigenvalue weighted by atomic mass is 79.9. The number of rotatable bonds is 1. The minimum atomic E-state index is -0.208. The maximum atomic E-state index is 11.5. The summed E-state index contributed by atoms with van der Waals surface area (Å²) < 4.78 is 1.62. The molecule has 0 spiro atoms. The van der Waals surface area contributed by atoms with E-state index in [0.29, 0.717) is 20.2 Å². The summed E-state index contributed by atoms with van der Waals surface area (Å²) in [6.07, 6.45) is 1.30. The molecule has 2 aromatic rings. The third kappa shape index (κ3) is 1.52. The van der Waals surface area contributed by atoms with Gasteiger partial charge in [0.05, 0.1) is 0 Å². The van der Waals surface area contributed by atoms with Gasteiger partial charge in [-0.15, -0.1) is 0 Å². The van der Waals surface area contributed by atoms with Crippen molar-refractivity contribution in [2.45, 2.75) is 0 Å². The monoisotopic (exact) mass is 268 g/mol. The Kier molecular flexibility index (Phi) is 2.28. The van der Waals surface area contributed by atoms with E-state index in [-0.39, 0.29) is 16.7 Å². The summed E-state index contributed by atoms with van der Waals surface area (Å²) in [6.45, 7) is 0. The molecule has 15 heavy (non-hydrogen) atoms. The third-order valence-corrected chi connectivity index (χ3v) is 2.49. The van der Waals surface area contributed by atoms with E-state index in [1.807, 2.05) is 0 Å². The van der Waals surface area contributed by atoms with E-state index in [1.165, 1.54) is 12.1 Å². The Morgan fingerprint density at radius 2 is 2.00 bits per heavy atom. The fraction of sp³-hybridized carbons (Fsp3) is 0. The predicted molar refractivity (Wildman–Crippen MR) is 55.0 cm³/mol. The summed E-state index contributed by atoms with van der Waals surface area (Å²) in [5.74, 6) is 0. The van der Waals surface area contributed by atoms with E-state index in [1.54, 1.807) is 6.07 Å². The SMILES string of the molecule is O=Cc1c[n+]([O-])c2cc(Br)ccc2[n+]1[O-]. The Hall–Kier alpha value is -1.69. The molecule has 1 heterocycles. The van der Waals surface area contributed by atoms with Crippen LogP contribution in [0, 0.1) is 10.4 Å². The lowest BCUT2D eigenvalue weighted by molar-refractivity contribution is -0.629. The third-order valence-electron chi connectivity index (χ3n) is 2.00. The second-order valence-corrected chi connectivity index (χ2v) is 3.84. The van der Waals surface area contributed by atoms with Gasteiger partial charge in [0.15, 0.2) is 0 Å². The maximum Gasteiger partial charge on any atom is 0.322 e. The highest BCUT2D eigenvalue weighted by Crippen LogP contribution is 2.14. The molecule has 0 aliphatic carbocycles. The molecule has 0 radical (unpaired) electrons. The zero-order valence-electron chi connectivity index (χ0n) is 7.38. The van der Waals surface area contributed by atoms with Gasteiger partial charge in [-0.3, -0.25) is 4.79 Å². The highest BCUT2D eigenvalue weighted by molar-refractivity contribution is 9.10. The fourth-order valence-electron chi connectivity index (χ4n) is 1.30. The molecular formula is C9H5BrN2O3. The first kappa shape index (κ1) is 9.85. The van der Waals surface area contributed by atoms with Gasteiger partial charge < -0.3 is 10.4 Å². The summed E-state index contributed by atoms with van der Waals surface area (Å²) in [4.78, 5) is 10.5. The minimum absolute atomic E-state index is 0.165. The number of benzene rings is 1. The molecule has 0 fully saturated rings. The zero-order valence-corrected chi connectivity index (χ0v) is 8.97. The van der Waals surface area contributed by atoms with Crippen LogP contribution in [0.4, 0.5) is 0 Å². The lowest BCUT2D eigenvalue weighted by Crippen LogP contribution is -2.41. The van der Waals surface area contributed by atoms with Gasteiger partial charge in [0, 0.05) is 16.6 Å². The van der Waals surface area contributed by atoms with Crippen LogP contribution >= 0.6 is 15.9 Å². The number of hydrogen-bond donors (Lipinski definition) is 0. The van der Waals surface area contributed by atoms with Gasteiger partial charge >= 0.3 is 5.69 Å². The topological polar surface area (TPSA) is 71.0 Å². The van der Waals surface area contributed by atoms with Crippen LogP contribution in [0.15, 0.2) is 28.9 Å². The van der Waals surface area contributed by atoms with Crippen molar-refractivity contribution in [2.75, 3.05) is 0 Å². The summed E-state index contributed by atoms with van der Waals surface area (Å²) in [5, 5.41) is 23.0. The fourth-order valence-corrected chi connectivity index (χ4v) is 1.65. The number of nitrogens with zero attached hydrogens (tertiary/aromatic N) is 2. The van der Waals surface area contributed by atoms with Crippen molar-refractivity contribution < 1.29 is 14.3 Å². The highest BCUT2D eigenvalue weighted by Gasteiger charge is 2.18. The van der Waals surface area contributed by atoms with Crippen molar-refractivity contribution in [3.8, 4) is 0 Å². The summed E-state index contributed by atoms with van der Waals surface area (Å²) in [6, 6.07) is 4.63. The van der Waals surface area contributed by atoms with Crippen molar-refractivity contribution in [1.82, 2.24) is 0 Å². The Bertz CT molecular complexity index is 557. The van der Waals surface area contributed by atoms with Crippen LogP contribution in [0.1, 0.15) is 10.5 Å². The number of aldehydes is 1. The molecule has 2 rings (SSSR count). The number of aromatic nitrogens is 2. The first-order valence-corrected chi connectivity index (χ1v) is 4.83. The summed E-state index contributed by atoms with van der Waals surface area (Å²) in [5.41, 5.74) is 0.169. The smallest absolute Gasteiger partial charge is 0.322 e. The van der Waals surface area contributed by atoms with Gasteiger partial charge in [0.1, 0.15) is 0 Å². The van der Waals surface area contributed by atoms with E-state index in [9.17, 15) is 15.2 Å². The van der Waals surface area contributed by atoms with E-state index < -0.39 is 0 Å². The van der Waals surface area contributed by atoms with Crippen LogP contribution in [-0.2, 0) is 0 Å². The average Bonchev–Trinajstić information content (AvgIpc) is 2.23. The van der Waals surface area contributed by atoms with Crippen LogP contribution in [0.5, 0.6) is 0 Å². The standard InChI is InChI=1S/C9H5BrN2O3/c10-6-1-2-8-9(3-6)11(14)4-7(5-13)12(8)15/h1-5H. The van der Waals surface area contributed by atoms with E-state index in [0.717, 1.165) is 6.20 Å². The largest absolute Gasteiger partial charge is 0.618 e. The minimum Gasteiger partial charge on any atom is -0.618 e. The first-order valence-electron chi connectivity index (χ1n) is 4.03. The van der Waals surface area contributed by atoms with Crippen LogP contribution in [-0.4, -0.2) is 6.29 Å². The number of carbonyl (C=O) groups is 1. The van der Waals surface area contributed by atoms with Crippen LogP contribution in [0.2, 0.25) is 0 Å². The first-order chi connectivity index (χ1) is 7.13. The van der Waals surface area contributed by atoms with Crippen LogP contribution in [0.25, 0.3) is 11.0 Å². The van der Waals surface area contributed by atoms with Crippen molar-refractivity contribution in [3.05, 3.63) is 45.0 Å². The normalized spacial score (nSPS) is 10.5. The molecule has 0 aliphatic rings. The van der Waals surface area contributed by atoms with E-state index >= 15 is 0 Å². The average molecular weight is 269 g/mol. The van der Waals surface area contributed by atoms with E-state index in [4.69, 9.17) is 0 Å². The number of fused-ring (bicyclic) bond motifs is 1. The molecule has 0 bridgehead atoms. The van der Waals surface area contributed by atoms with Crippen LogP contribution < -0.4 is 9.46 Å². The molecule has 0 saturated heterocycles. The quantitative estimate of drug-likeness (QED) is 0.434. The molecule has 1 aromatic carbocycles. The predicted octanol–water partition coefficient (Wildman–Crippen LogP) is 0.682. The molecule has 0 unspecified atom stereocenters. The lowest BCUT2D eigenvalue weighted by Gasteiger charge is -2.04. The Morgan fingerprint density at radius 3 is 2.67 bits per heavy atom. The molecule has 1 aromatic heterocycles. The summed E-state index contributed by atoms with van der Waals surface area (Å²) >= 11 is 3.19. The van der Waals surface area contributed by atoms with Gasteiger partial charge in [-0.25, -0.2) is 0 Å². The zero-order chi connectivity index (χ0) is 11.0. The molecule has 6 heteroatoms. The Balaban J connectivity index is 2.92. The Labute approximate surface area is 92.9 Å². The van der Waals surface area contributed by atoms with Crippen LogP contribution in [0.3, 0.4) is 0 Å². The van der Waals surface area contributed by atoms with Gasteiger partial charge in [-0.1, -0.05) is 15.9 Å². The number of carbonyl (C=O) groups excluding carboxylic acids is 1. The van der Waals surface area contributed by atoms with Gasteiger partial charge in [-0.2, -0.15) is 9.46 Å². The second kappa shape index (κ2) is 3.47. The van der Waals surface area contributed by atoms with Crippen molar-refractivity contribution in [1.29, 1.82) is 0 Å².